The Morgan fingerprint density at radius 2 is 2.00 bits per heavy atom. The number of likely N-dealkylation sites (tertiary alicyclic amines) is 1. The van der Waals surface area contributed by atoms with Gasteiger partial charge in [0.15, 0.2) is 0 Å². The molecule has 25 heavy (non-hydrogen) atoms. The van der Waals surface area contributed by atoms with E-state index in [1.807, 2.05) is 24.0 Å². The number of ether oxygens (including phenoxy) is 1. The summed E-state index contributed by atoms with van der Waals surface area (Å²) >= 11 is 0. The lowest BCUT2D eigenvalue weighted by Crippen LogP contribution is -2.50. The standard InChI is InChI=1S/C20H30N2O3/c1-2-25-17-9-7-16(8-10-17)18-6-5-13-22(18)19(24)14-21-20(15-23)11-3-4-12-20/h7-10,18,21,23H,2-6,11-15H2,1H3. The average molecular weight is 346 g/mol. The topological polar surface area (TPSA) is 61.8 Å². The van der Waals surface area contributed by atoms with Gasteiger partial charge in [-0.2, -0.15) is 0 Å². The summed E-state index contributed by atoms with van der Waals surface area (Å²) in [4.78, 5) is 14.8. The van der Waals surface area contributed by atoms with E-state index in [1.54, 1.807) is 0 Å². The van der Waals surface area contributed by atoms with E-state index in [0.29, 0.717) is 13.2 Å². The van der Waals surface area contributed by atoms with E-state index in [4.69, 9.17) is 4.74 Å². The van der Waals surface area contributed by atoms with Crippen LogP contribution in [0, 0.1) is 0 Å². The number of aliphatic hydroxyl groups is 1. The molecular formula is C20H30N2O3. The number of benzene rings is 1. The number of rotatable bonds is 7. The van der Waals surface area contributed by atoms with E-state index in [1.165, 1.54) is 5.56 Å². The van der Waals surface area contributed by atoms with Gasteiger partial charge in [-0.3, -0.25) is 4.79 Å². The van der Waals surface area contributed by atoms with Crippen LogP contribution in [0.2, 0.25) is 0 Å². The maximum atomic E-state index is 12.8. The molecule has 1 heterocycles. The van der Waals surface area contributed by atoms with Crippen molar-refractivity contribution in [3.63, 3.8) is 0 Å². The molecule has 138 valence electrons. The molecule has 5 nitrogen and oxygen atoms in total. The number of carbonyl (C=O) groups is 1. The van der Waals surface area contributed by atoms with Crippen LogP contribution in [0.4, 0.5) is 0 Å². The number of amides is 1. The van der Waals surface area contributed by atoms with Gasteiger partial charge in [0, 0.05) is 12.1 Å². The first-order chi connectivity index (χ1) is 12.2. The largest absolute Gasteiger partial charge is 0.494 e. The van der Waals surface area contributed by atoms with Gasteiger partial charge in [0.05, 0.1) is 25.8 Å². The minimum absolute atomic E-state index is 0.114. The molecule has 3 rings (SSSR count). The minimum atomic E-state index is -0.246. The van der Waals surface area contributed by atoms with Crippen molar-refractivity contribution in [1.29, 1.82) is 0 Å². The van der Waals surface area contributed by atoms with Crippen molar-refractivity contribution in [3.05, 3.63) is 29.8 Å². The molecule has 0 radical (unpaired) electrons. The van der Waals surface area contributed by atoms with Crippen LogP contribution in [0.25, 0.3) is 0 Å². The molecule has 0 aromatic heterocycles. The normalized spacial score (nSPS) is 22.3. The molecule has 1 amide bonds. The van der Waals surface area contributed by atoms with Gasteiger partial charge in [0.2, 0.25) is 5.91 Å². The molecule has 1 saturated carbocycles. The molecule has 2 fully saturated rings. The average Bonchev–Trinajstić information content (AvgIpc) is 3.31. The Morgan fingerprint density at radius 3 is 2.64 bits per heavy atom. The molecule has 0 spiro atoms. The van der Waals surface area contributed by atoms with Gasteiger partial charge in [-0.25, -0.2) is 0 Å². The highest BCUT2D eigenvalue weighted by atomic mass is 16.5. The fourth-order valence-electron chi connectivity index (χ4n) is 4.17. The summed E-state index contributed by atoms with van der Waals surface area (Å²) in [5, 5.41) is 13.1. The SMILES string of the molecule is CCOc1ccc(C2CCCN2C(=O)CNC2(CO)CCCC2)cc1. The Morgan fingerprint density at radius 1 is 1.28 bits per heavy atom. The Labute approximate surface area is 150 Å². The van der Waals surface area contributed by atoms with Gasteiger partial charge < -0.3 is 20.1 Å². The van der Waals surface area contributed by atoms with Crippen molar-refractivity contribution < 1.29 is 14.6 Å². The zero-order valence-corrected chi connectivity index (χ0v) is 15.2. The second-order valence-corrected chi connectivity index (χ2v) is 7.25. The Bertz CT molecular complexity index is 567. The first-order valence-corrected chi connectivity index (χ1v) is 9.55. The zero-order chi connectivity index (χ0) is 17.7. The number of nitrogens with zero attached hydrogens (tertiary/aromatic N) is 1. The van der Waals surface area contributed by atoms with E-state index in [9.17, 15) is 9.90 Å². The van der Waals surface area contributed by atoms with Crippen molar-refractivity contribution >= 4 is 5.91 Å². The molecule has 1 atom stereocenters. The summed E-state index contributed by atoms with van der Waals surface area (Å²) in [6.45, 7) is 3.87. The zero-order valence-electron chi connectivity index (χ0n) is 15.2. The van der Waals surface area contributed by atoms with E-state index in [-0.39, 0.29) is 24.1 Å². The maximum Gasteiger partial charge on any atom is 0.237 e. The molecule has 1 aromatic rings. The first kappa shape index (κ1) is 18.2. The highest BCUT2D eigenvalue weighted by Gasteiger charge is 2.35. The summed E-state index contributed by atoms with van der Waals surface area (Å²) in [5.41, 5.74) is 0.927. The summed E-state index contributed by atoms with van der Waals surface area (Å²) in [6.07, 6.45) is 6.21. The second kappa shape index (κ2) is 8.19. The smallest absolute Gasteiger partial charge is 0.237 e. The summed E-state index contributed by atoms with van der Waals surface area (Å²) in [7, 11) is 0. The third kappa shape index (κ3) is 4.15. The van der Waals surface area contributed by atoms with Crippen LogP contribution in [0.3, 0.4) is 0 Å². The minimum Gasteiger partial charge on any atom is -0.494 e. The van der Waals surface area contributed by atoms with Crippen LogP contribution < -0.4 is 10.1 Å². The van der Waals surface area contributed by atoms with Crippen molar-refractivity contribution in [2.75, 3.05) is 26.3 Å². The fourth-order valence-corrected chi connectivity index (χ4v) is 4.17. The van der Waals surface area contributed by atoms with Crippen LogP contribution in [0.1, 0.15) is 57.1 Å². The van der Waals surface area contributed by atoms with Gasteiger partial charge in [-0.15, -0.1) is 0 Å². The fraction of sp³-hybridized carbons (Fsp3) is 0.650. The van der Waals surface area contributed by atoms with Crippen molar-refractivity contribution in [3.8, 4) is 5.75 Å². The molecule has 2 N–H and O–H groups in total. The second-order valence-electron chi connectivity index (χ2n) is 7.25. The summed E-state index contributed by atoms with van der Waals surface area (Å²) in [6, 6.07) is 8.26. The highest BCUT2D eigenvalue weighted by molar-refractivity contribution is 5.79. The van der Waals surface area contributed by atoms with E-state index < -0.39 is 0 Å². The van der Waals surface area contributed by atoms with Crippen LogP contribution in [0.5, 0.6) is 5.75 Å². The summed E-state index contributed by atoms with van der Waals surface area (Å²) in [5.74, 6) is 1.01. The molecule has 1 aromatic carbocycles. The van der Waals surface area contributed by atoms with Crippen molar-refractivity contribution in [1.82, 2.24) is 10.2 Å². The van der Waals surface area contributed by atoms with Gasteiger partial charge in [-0.05, 0) is 50.3 Å². The third-order valence-corrected chi connectivity index (χ3v) is 5.63. The van der Waals surface area contributed by atoms with Gasteiger partial charge >= 0.3 is 0 Å². The van der Waals surface area contributed by atoms with Crippen LogP contribution >= 0.6 is 0 Å². The number of carbonyl (C=O) groups excluding carboxylic acids is 1. The number of nitrogens with one attached hydrogen (secondary N) is 1. The molecule has 1 saturated heterocycles. The number of hydrogen-bond donors (Lipinski definition) is 2. The Hall–Kier alpha value is -1.59. The lowest BCUT2D eigenvalue weighted by molar-refractivity contribution is -0.131. The molecule has 5 heteroatoms. The van der Waals surface area contributed by atoms with Gasteiger partial charge in [0.25, 0.3) is 0 Å². The summed E-state index contributed by atoms with van der Waals surface area (Å²) < 4.78 is 5.50. The predicted molar refractivity (Wildman–Crippen MR) is 97.6 cm³/mol. The predicted octanol–water partition coefficient (Wildman–Crippen LogP) is 2.64. The Kier molecular flexibility index (Phi) is 5.97. The number of aliphatic hydroxyl groups excluding tert-OH is 1. The molecule has 2 aliphatic rings. The van der Waals surface area contributed by atoms with Crippen LogP contribution in [0.15, 0.2) is 24.3 Å². The van der Waals surface area contributed by atoms with E-state index in [2.05, 4.69) is 17.4 Å². The van der Waals surface area contributed by atoms with Gasteiger partial charge in [-0.1, -0.05) is 25.0 Å². The molecule has 1 aliphatic heterocycles. The number of hydrogen-bond acceptors (Lipinski definition) is 4. The Balaban J connectivity index is 1.61. The lowest BCUT2D eigenvalue weighted by atomic mass is 9.99. The quantitative estimate of drug-likeness (QED) is 0.797. The molecule has 0 bridgehead atoms. The monoisotopic (exact) mass is 346 g/mol. The van der Waals surface area contributed by atoms with Gasteiger partial charge in [0.1, 0.15) is 5.75 Å². The molecule has 1 aliphatic carbocycles. The molecule has 1 unspecified atom stereocenters. The first-order valence-electron chi connectivity index (χ1n) is 9.55. The van der Waals surface area contributed by atoms with E-state index in [0.717, 1.165) is 50.8 Å². The molecular weight excluding hydrogens is 316 g/mol. The van der Waals surface area contributed by atoms with Crippen molar-refractivity contribution in [2.24, 2.45) is 0 Å². The highest BCUT2D eigenvalue weighted by Crippen LogP contribution is 2.33. The maximum absolute atomic E-state index is 12.8. The van der Waals surface area contributed by atoms with E-state index >= 15 is 0 Å². The van der Waals surface area contributed by atoms with Crippen LogP contribution in [-0.2, 0) is 4.79 Å². The third-order valence-electron chi connectivity index (χ3n) is 5.63. The lowest BCUT2D eigenvalue weighted by Gasteiger charge is -2.31. The van der Waals surface area contributed by atoms with Crippen molar-refractivity contribution in [2.45, 2.75) is 57.0 Å². The van der Waals surface area contributed by atoms with Crippen LogP contribution in [-0.4, -0.2) is 47.8 Å².